The van der Waals surface area contributed by atoms with Crippen LogP contribution in [-0.2, 0) is 13.8 Å². The van der Waals surface area contributed by atoms with Crippen LogP contribution in [0.3, 0.4) is 0 Å². The summed E-state index contributed by atoms with van der Waals surface area (Å²) >= 11 is 0. The number of hydrogen-bond acceptors (Lipinski definition) is 8. The Hall–Kier alpha value is -2.62. The summed E-state index contributed by atoms with van der Waals surface area (Å²) in [5, 5.41) is 0. The summed E-state index contributed by atoms with van der Waals surface area (Å²) in [7, 11) is -3.09. The smallest absolute Gasteiger partial charge is 0.368 e. The first-order valence-electron chi connectivity index (χ1n) is 8.30. The van der Waals surface area contributed by atoms with Gasteiger partial charge in [-0.3, -0.25) is 9.09 Å². The van der Waals surface area contributed by atoms with Gasteiger partial charge in [-0.15, -0.1) is 0 Å². The number of fused-ring (bicyclic) bond motifs is 1. The molecule has 148 valence electrons. The Kier molecular flexibility index (Phi) is 4.96. The van der Waals surface area contributed by atoms with Crippen LogP contribution in [0.5, 0.6) is 5.75 Å². The van der Waals surface area contributed by atoms with Gasteiger partial charge in [0.1, 0.15) is 30.4 Å². The van der Waals surface area contributed by atoms with Gasteiger partial charge in [-0.05, 0) is 12.1 Å². The molecule has 3 aromatic rings. The molecule has 0 bridgehead atoms. The molecule has 0 saturated carbocycles. The summed E-state index contributed by atoms with van der Waals surface area (Å²) in [5.41, 5.74) is 6.30. The second-order valence-electron chi connectivity index (χ2n) is 6.10. The first-order valence-corrected chi connectivity index (χ1v) is 9.52. The molecule has 1 aliphatic rings. The average molecular weight is 411 g/mol. The fourth-order valence-corrected chi connectivity index (χ4v) is 3.55. The van der Waals surface area contributed by atoms with Crippen LogP contribution in [0.4, 0.5) is 14.6 Å². The Labute approximate surface area is 158 Å². The lowest BCUT2D eigenvalue weighted by molar-refractivity contribution is -0.190. The largest absolute Gasteiger partial charge is 0.426 e. The van der Waals surface area contributed by atoms with Crippen molar-refractivity contribution in [3.05, 3.63) is 43.0 Å². The number of nitrogen functional groups attached to an aromatic ring is 1. The normalized spacial score (nSPS) is 25.8. The van der Waals surface area contributed by atoms with Gasteiger partial charge in [0.05, 0.1) is 6.33 Å². The Morgan fingerprint density at radius 1 is 1.32 bits per heavy atom. The van der Waals surface area contributed by atoms with E-state index in [0.29, 0.717) is 11.3 Å². The number of imidazole rings is 1. The molecule has 1 unspecified atom stereocenters. The highest BCUT2D eigenvalue weighted by atomic mass is 31.1. The average Bonchev–Trinajstić information content (AvgIpc) is 3.24. The van der Waals surface area contributed by atoms with Crippen LogP contribution in [0.25, 0.3) is 11.2 Å². The Morgan fingerprint density at radius 2 is 2.11 bits per heavy atom. The van der Waals surface area contributed by atoms with E-state index in [1.165, 1.54) is 17.2 Å². The molecule has 12 heteroatoms. The van der Waals surface area contributed by atoms with Gasteiger partial charge in [-0.1, -0.05) is 18.2 Å². The zero-order valence-corrected chi connectivity index (χ0v) is 15.4. The maximum atomic E-state index is 14.9. The van der Waals surface area contributed by atoms with E-state index < -0.39 is 33.1 Å². The fraction of sp³-hybridized carbons (Fsp3) is 0.312. The SMILES string of the molecule is Nc1ncnc2c1ncn2[C@H]1C[C@H](F)[C@@](F)(CO[PH](=O)Oc2ccccc2)O1. The van der Waals surface area contributed by atoms with Crippen LogP contribution in [0.2, 0.25) is 0 Å². The lowest BCUT2D eigenvalue weighted by atomic mass is 10.2. The third kappa shape index (κ3) is 3.56. The minimum atomic E-state index is -3.09. The van der Waals surface area contributed by atoms with Crippen LogP contribution < -0.4 is 10.3 Å². The number of nitrogens with two attached hydrogens (primary N) is 1. The third-order valence-corrected chi connectivity index (χ3v) is 5.02. The number of alkyl halides is 2. The molecule has 0 amide bonds. The van der Waals surface area contributed by atoms with Crippen molar-refractivity contribution in [2.75, 3.05) is 12.3 Å². The molecular formula is C16H16F2N5O4P. The van der Waals surface area contributed by atoms with Gasteiger partial charge < -0.3 is 15.0 Å². The van der Waals surface area contributed by atoms with Crippen molar-refractivity contribution in [2.24, 2.45) is 0 Å². The summed E-state index contributed by atoms with van der Waals surface area (Å²) in [6.07, 6.45) is -0.811. The zero-order valence-electron chi connectivity index (χ0n) is 14.4. The highest BCUT2D eigenvalue weighted by Gasteiger charge is 2.52. The van der Waals surface area contributed by atoms with Crippen molar-refractivity contribution >= 4 is 25.2 Å². The van der Waals surface area contributed by atoms with E-state index >= 15 is 0 Å². The molecule has 0 radical (unpaired) electrons. The maximum Gasteiger partial charge on any atom is 0.368 e. The number of nitrogens with zero attached hydrogens (tertiary/aromatic N) is 4. The summed E-state index contributed by atoms with van der Waals surface area (Å²) in [6.45, 7) is -0.890. The third-order valence-electron chi connectivity index (χ3n) is 4.24. The van der Waals surface area contributed by atoms with Crippen LogP contribution in [0.15, 0.2) is 43.0 Å². The molecule has 4 rings (SSSR count). The second-order valence-corrected chi connectivity index (χ2v) is 7.09. The number of para-hydroxylation sites is 1. The molecule has 0 aliphatic carbocycles. The predicted octanol–water partition coefficient (Wildman–Crippen LogP) is 2.82. The number of aromatic nitrogens is 4. The van der Waals surface area contributed by atoms with Crippen molar-refractivity contribution in [2.45, 2.75) is 24.7 Å². The molecule has 1 aliphatic heterocycles. The van der Waals surface area contributed by atoms with Gasteiger partial charge in [-0.25, -0.2) is 28.3 Å². The minimum Gasteiger partial charge on any atom is -0.426 e. The molecule has 4 atom stereocenters. The van der Waals surface area contributed by atoms with Crippen molar-refractivity contribution < 1.29 is 27.1 Å². The van der Waals surface area contributed by atoms with E-state index in [1.54, 1.807) is 30.3 Å². The molecule has 28 heavy (non-hydrogen) atoms. The monoisotopic (exact) mass is 411 g/mol. The van der Waals surface area contributed by atoms with Crippen molar-refractivity contribution in [3.63, 3.8) is 0 Å². The number of ether oxygens (including phenoxy) is 1. The van der Waals surface area contributed by atoms with E-state index in [2.05, 4.69) is 15.0 Å². The maximum absolute atomic E-state index is 14.9. The molecule has 2 aromatic heterocycles. The summed E-state index contributed by atoms with van der Waals surface area (Å²) in [6, 6.07) is 8.23. The van der Waals surface area contributed by atoms with Gasteiger partial charge >= 0.3 is 8.25 Å². The zero-order chi connectivity index (χ0) is 19.7. The molecule has 2 N–H and O–H groups in total. The number of halogens is 2. The summed E-state index contributed by atoms with van der Waals surface area (Å²) < 4.78 is 57.7. The first kappa shape index (κ1) is 18.7. The summed E-state index contributed by atoms with van der Waals surface area (Å²) in [4.78, 5) is 11.9. The Morgan fingerprint density at radius 3 is 2.89 bits per heavy atom. The van der Waals surface area contributed by atoms with Crippen molar-refractivity contribution in [3.8, 4) is 5.75 Å². The predicted molar refractivity (Wildman–Crippen MR) is 95.2 cm³/mol. The van der Waals surface area contributed by atoms with Crippen LogP contribution in [0, 0.1) is 0 Å². The van der Waals surface area contributed by atoms with Gasteiger partial charge in [-0.2, -0.15) is 0 Å². The Balaban J connectivity index is 1.43. The van der Waals surface area contributed by atoms with Gasteiger partial charge in [0.2, 0.25) is 0 Å². The fourth-order valence-electron chi connectivity index (χ4n) is 2.85. The van der Waals surface area contributed by atoms with Crippen LogP contribution in [-0.4, -0.2) is 38.2 Å². The standard InChI is InChI=1S/C16H16F2N5O4P/c17-11-6-12(23-9-22-13-14(19)20-8-21-15(13)23)26-16(11,18)7-25-28(24)27-10-4-2-1-3-5-10/h1-5,8-9,11-12,28H,6-7H2,(H2,19,20,21)/t11-,12+,16+/m0/s1. The Bertz CT molecular complexity index is 1010. The molecule has 1 fully saturated rings. The van der Waals surface area contributed by atoms with Crippen molar-refractivity contribution in [1.82, 2.24) is 19.5 Å². The van der Waals surface area contributed by atoms with Crippen LogP contribution >= 0.6 is 8.25 Å². The molecule has 3 heterocycles. The van der Waals surface area contributed by atoms with E-state index in [1.807, 2.05) is 0 Å². The first-order chi connectivity index (χ1) is 13.5. The highest BCUT2D eigenvalue weighted by molar-refractivity contribution is 7.33. The van der Waals surface area contributed by atoms with E-state index in [0.717, 1.165) is 0 Å². The van der Waals surface area contributed by atoms with Crippen LogP contribution in [0.1, 0.15) is 12.6 Å². The number of hydrogen-bond donors (Lipinski definition) is 1. The highest BCUT2D eigenvalue weighted by Crippen LogP contribution is 2.42. The lowest BCUT2D eigenvalue weighted by Gasteiger charge is -2.22. The number of benzene rings is 1. The van der Waals surface area contributed by atoms with E-state index in [9.17, 15) is 13.3 Å². The lowest BCUT2D eigenvalue weighted by Crippen LogP contribution is -2.36. The van der Waals surface area contributed by atoms with E-state index in [4.69, 9.17) is 19.5 Å². The van der Waals surface area contributed by atoms with Gasteiger partial charge in [0.15, 0.2) is 17.6 Å². The summed E-state index contributed by atoms with van der Waals surface area (Å²) in [5.74, 6) is -2.35. The molecular weight excluding hydrogens is 395 g/mol. The molecule has 9 nitrogen and oxygen atoms in total. The quantitative estimate of drug-likeness (QED) is 0.616. The number of rotatable bonds is 6. The topological polar surface area (TPSA) is 114 Å². The molecule has 1 saturated heterocycles. The second kappa shape index (κ2) is 7.42. The number of anilines is 1. The van der Waals surface area contributed by atoms with Crippen molar-refractivity contribution in [1.29, 1.82) is 0 Å². The van der Waals surface area contributed by atoms with Gasteiger partial charge in [0, 0.05) is 6.42 Å². The minimum absolute atomic E-state index is 0.144. The molecule has 0 spiro atoms. The van der Waals surface area contributed by atoms with E-state index in [-0.39, 0.29) is 17.9 Å². The molecule has 1 aromatic carbocycles. The van der Waals surface area contributed by atoms with Gasteiger partial charge in [0.25, 0.3) is 5.85 Å².